The van der Waals surface area contributed by atoms with E-state index in [2.05, 4.69) is 14.8 Å². The fourth-order valence-electron chi connectivity index (χ4n) is 3.39. The van der Waals surface area contributed by atoms with Crippen LogP contribution in [0, 0.1) is 0 Å². The third kappa shape index (κ3) is 2.79. The molecule has 0 atom stereocenters. The Balaban J connectivity index is 1.62. The molecule has 0 N–H and O–H groups in total. The van der Waals surface area contributed by atoms with Crippen LogP contribution >= 0.6 is 0 Å². The number of fused-ring (bicyclic) bond motifs is 1. The van der Waals surface area contributed by atoms with Crippen LogP contribution in [-0.4, -0.2) is 19.3 Å². The van der Waals surface area contributed by atoms with Gasteiger partial charge in [0.1, 0.15) is 6.33 Å². The smallest absolute Gasteiger partial charge is 0.317 e. The summed E-state index contributed by atoms with van der Waals surface area (Å²) < 4.78 is 43.1. The molecule has 136 valence electrons. The van der Waals surface area contributed by atoms with E-state index >= 15 is 0 Å². The summed E-state index contributed by atoms with van der Waals surface area (Å²) >= 11 is 0. The van der Waals surface area contributed by atoms with E-state index < -0.39 is 11.7 Å². The van der Waals surface area contributed by atoms with Gasteiger partial charge in [-0.1, -0.05) is 18.2 Å². The van der Waals surface area contributed by atoms with Crippen molar-refractivity contribution in [3.8, 4) is 17.1 Å². The Kier molecular flexibility index (Phi) is 3.40. The molecule has 1 saturated carbocycles. The lowest BCUT2D eigenvalue weighted by Gasteiger charge is -2.11. The molecular formula is C20H15F3N4. The molecule has 0 saturated heterocycles. The monoisotopic (exact) mass is 368 g/mol. The summed E-state index contributed by atoms with van der Waals surface area (Å²) in [5, 5.41) is 9.01. The lowest BCUT2D eigenvalue weighted by Crippen LogP contribution is -2.05. The number of hydrogen-bond donors (Lipinski definition) is 0. The van der Waals surface area contributed by atoms with Gasteiger partial charge in [-0.15, -0.1) is 10.2 Å². The molecule has 2 aromatic heterocycles. The van der Waals surface area contributed by atoms with E-state index in [1.807, 2.05) is 30.3 Å². The topological polar surface area (TPSA) is 35.6 Å². The molecule has 5 rings (SSSR count). The number of benzene rings is 2. The minimum absolute atomic E-state index is 0.445. The van der Waals surface area contributed by atoms with Crippen LogP contribution in [0.1, 0.15) is 24.4 Å². The number of hydrogen-bond acceptors (Lipinski definition) is 2. The maximum Gasteiger partial charge on any atom is 0.416 e. The zero-order chi connectivity index (χ0) is 18.6. The van der Waals surface area contributed by atoms with Gasteiger partial charge in [0.2, 0.25) is 0 Å². The summed E-state index contributed by atoms with van der Waals surface area (Å²) in [5.41, 5.74) is 1.54. The van der Waals surface area contributed by atoms with Crippen LogP contribution in [0.15, 0.2) is 61.1 Å². The average Bonchev–Trinajstić information content (AvgIpc) is 3.22. The Labute approximate surface area is 152 Å². The van der Waals surface area contributed by atoms with Crippen molar-refractivity contribution in [1.82, 2.24) is 19.3 Å². The molecule has 4 nitrogen and oxygen atoms in total. The molecule has 1 fully saturated rings. The van der Waals surface area contributed by atoms with Crippen LogP contribution in [0.2, 0.25) is 0 Å². The SMILES string of the molecule is FC(F)(F)c1ccc2ccn(-c3cccc(-c4nncn4C4CC4)c3)c2c1. The van der Waals surface area contributed by atoms with Crippen LogP contribution in [0.25, 0.3) is 28.0 Å². The predicted molar refractivity (Wildman–Crippen MR) is 95.6 cm³/mol. The molecule has 0 unspecified atom stereocenters. The third-order valence-electron chi connectivity index (χ3n) is 4.92. The molecule has 7 heteroatoms. The zero-order valence-electron chi connectivity index (χ0n) is 14.2. The van der Waals surface area contributed by atoms with Gasteiger partial charge in [0, 0.05) is 23.5 Å². The number of aromatic nitrogens is 4. The largest absolute Gasteiger partial charge is 0.416 e. The summed E-state index contributed by atoms with van der Waals surface area (Å²) in [4.78, 5) is 0. The third-order valence-corrected chi connectivity index (χ3v) is 4.92. The standard InChI is InChI=1S/C20H15F3N4/c21-20(22,23)15-5-4-13-8-9-26(18(13)11-15)17-3-1-2-14(10-17)19-25-24-12-27(19)16-6-7-16/h1-5,8-12,16H,6-7H2. The second-order valence-electron chi connectivity index (χ2n) is 6.80. The molecule has 0 bridgehead atoms. The van der Waals surface area contributed by atoms with E-state index in [1.165, 1.54) is 12.1 Å². The average molecular weight is 368 g/mol. The highest BCUT2D eigenvalue weighted by Crippen LogP contribution is 2.38. The van der Waals surface area contributed by atoms with Crippen molar-refractivity contribution in [2.45, 2.75) is 25.1 Å². The summed E-state index contributed by atoms with van der Waals surface area (Å²) in [6, 6.07) is 13.7. The zero-order valence-corrected chi connectivity index (χ0v) is 14.2. The van der Waals surface area contributed by atoms with Gasteiger partial charge in [0.15, 0.2) is 5.82 Å². The quantitative estimate of drug-likeness (QED) is 0.496. The molecule has 0 radical (unpaired) electrons. The molecule has 1 aliphatic rings. The van der Waals surface area contributed by atoms with Crippen molar-refractivity contribution in [2.24, 2.45) is 0 Å². The first kappa shape index (κ1) is 16.1. The van der Waals surface area contributed by atoms with Crippen molar-refractivity contribution in [3.05, 3.63) is 66.6 Å². The Bertz CT molecular complexity index is 1140. The highest BCUT2D eigenvalue weighted by molar-refractivity contribution is 5.83. The van der Waals surface area contributed by atoms with E-state index in [0.29, 0.717) is 11.6 Å². The number of halogens is 3. The fraction of sp³-hybridized carbons (Fsp3) is 0.200. The van der Waals surface area contributed by atoms with Crippen LogP contribution in [0.3, 0.4) is 0 Å². The summed E-state index contributed by atoms with van der Waals surface area (Å²) in [5.74, 6) is 0.784. The summed E-state index contributed by atoms with van der Waals surface area (Å²) in [7, 11) is 0. The van der Waals surface area contributed by atoms with Gasteiger partial charge in [-0.3, -0.25) is 0 Å². The van der Waals surface area contributed by atoms with Crippen molar-refractivity contribution < 1.29 is 13.2 Å². The molecule has 0 aliphatic heterocycles. The molecular weight excluding hydrogens is 353 g/mol. The Hall–Kier alpha value is -3.09. The first-order valence-corrected chi connectivity index (χ1v) is 8.69. The molecule has 2 heterocycles. The first-order chi connectivity index (χ1) is 13.0. The molecule has 1 aliphatic carbocycles. The maximum atomic E-state index is 13.1. The van der Waals surface area contributed by atoms with Gasteiger partial charge in [0.25, 0.3) is 0 Å². The van der Waals surface area contributed by atoms with Gasteiger partial charge in [0.05, 0.1) is 11.1 Å². The van der Waals surface area contributed by atoms with Crippen molar-refractivity contribution in [3.63, 3.8) is 0 Å². The number of nitrogens with zero attached hydrogens (tertiary/aromatic N) is 4. The van der Waals surface area contributed by atoms with Crippen LogP contribution in [0.5, 0.6) is 0 Å². The van der Waals surface area contributed by atoms with Crippen molar-refractivity contribution in [1.29, 1.82) is 0 Å². The normalized spacial score (nSPS) is 14.8. The summed E-state index contributed by atoms with van der Waals surface area (Å²) in [6.45, 7) is 0. The first-order valence-electron chi connectivity index (χ1n) is 8.69. The Morgan fingerprint density at radius 1 is 1.00 bits per heavy atom. The molecule has 4 aromatic rings. The number of alkyl halides is 3. The van der Waals surface area contributed by atoms with Crippen LogP contribution in [-0.2, 0) is 6.18 Å². The van der Waals surface area contributed by atoms with Crippen molar-refractivity contribution in [2.75, 3.05) is 0 Å². The minimum Gasteiger partial charge on any atom is -0.317 e. The maximum absolute atomic E-state index is 13.1. The van der Waals surface area contributed by atoms with E-state index in [9.17, 15) is 13.2 Å². The van der Waals surface area contributed by atoms with E-state index in [-0.39, 0.29) is 0 Å². The highest BCUT2D eigenvalue weighted by Gasteiger charge is 2.31. The summed E-state index contributed by atoms with van der Waals surface area (Å²) in [6.07, 6.45) is 1.39. The van der Waals surface area contributed by atoms with E-state index in [4.69, 9.17) is 0 Å². The molecule has 0 spiro atoms. The molecule has 27 heavy (non-hydrogen) atoms. The Morgan fingerprint density at radius 3 is 2.63 bits per heavy atom. The van der Waals surface area contributed by atoms with Gasteiger partial charge in [-0.25, -0.2) is 0 Å². The second-order valence-corrected chi connectivity index (χ2v) is 6.80. The van der Waals surface area contributed by atoms with Crippen molar-refractivity contribution >= 4 is 10.9 Å². The van der Waals surface area contributed by atoms with Gasteiger partial charge < -0.3 is 9.13 Å². The van der Waals surface area contributed by atoms with Gasteiger partial charge >= 0.3 is 6.18 Å². The van der Waals surface area contributed by atoms with E-state index in [1.54, 1.807) is 17.1 Å². The predicted octanol–water partition coefficient (Wildman–Crippen LogP) is 5.24. The Morgan fingerprint density at radius 2 is 1.85 bits per heavy atom. The highest BCUT2D eigenvalue weighted by atomic mass is 19.4. The number of rotatable bonds is 3. The second kappa shape index (κ2) is 5.70. The fourth-order valence-corrected chi connectivity index (χ4v) is 3.39. The van der Waals surface area contributed by atoms with Crippen LogP contribution < -0.4 is 0 Å². The molecule has 2 aromatic carbocycles. The lowest BCUT2D eigenvalue weighted by molar-refractivity contribution is -0.137. The molecule has 0 amide bonds. The lowest BCUT2D eigenvalue weighted by atomic mass is 10.1. The van der Waals surface area contributed by atoms with E-state index in [0.717, 1.165) is 41.4 Å². The van der Waals surface area contributed by atoms with Crippen LogP contribution in [0.4, 0.5) is 13.2 Å². The van der Waals surface area contributed by atoms with Gasteiger partial charge in [-0.2, -0.15) is 13.2 Å². The minimum atomic E-state index is -4.37. The van der Waals surface area contributed by atoms with Gasteiger partial charge in [-0.05, 0) is 48.6 Å².